The first kappa shape index (κ1) is 30.0. The van der Waals surface area contributed by atoms with E-state index in [-0.39, 0.29) is 28.1 Å². The Kier molecular flexibility index (Phi) is 9.07. The van der Waals surface area contributed by atoms with Gasteiger partial charge in [-0.05, 0) is 84.6 Å². The quantitative estimate of drug-likeness (QED) is 0.192. The summed E-state index contributed by atoms with van der Waals surface area (Å²) in [7, 11) is -2.91. The molecule has 1 heterocycles. The van der Waals surface area contributed by atoms with E-state index in [1.54, 1.807) is 48.8 Å². The van der Waals surface area contributed by atoms with Gasteiger partial charge in [-0.25, -0.2) is 13.2 Å². The number of pyridine rings is 1. The molecule has 0 atom stereocenters. The van der Waals surface area contributed by atoms with Gasteiger partial charge in [-0.15, -0.1) is 0 Å². The highest BCUT2D eigenvalue weighted by Gasteiger charge is 2.32. The molecule has 1 amide bonds. The first-order valence-electron chi connectivity index (χ1n) is 13.1. The van der Waals surface area contributed by atoms with Crippen molar-refractivity contribution >= 4 is 39.2 Å². The minimum absolute atomic E-state index is 0.0269. The average molecular weight is 586 g/mol. The fourth-order valence-corrected chi connectivity index (χ4v) is 6.48. The molecule has 0 saturated carbocycles. The van der Waals surface area contributed by atoms with Gasteiger partial charge in [0.25, 0.3) is 5.91 Å². The summed E-state index contributed by atoms with van der Waals surface area (Å²) in [6.07, 6.45) is 5.96. The topological polar surface area (TPSA) is 140 Å². The Bertz CT molecular complexity index is 1740. The number of aromatic nitrogens is 1. The molecule has 0 radical (unpaired) electrons. The van der Waals surface area contributed by atoms with Crippen LogP contribution in [-0.4, -0.2) is 44.0 Å². The molecule has 1 aromatic heterocycles. The van der Waals surface area contributed by atoms with E-state index in [1.807, 2.05) is 13.0 Å². The second-order valence-electron chi connectivity index (χ2n) is 9.41. The van der Waals surface area contributed by atoms with Gasteiger partial charge >= 0.3 is 5.97 Å². The normalized spacial score (nSPS) is 11.4. The molecule has 0 bridgehead atoms. The molecule has 0 saturated heterocycles. The molecule has 4 aromatic rings. The SMILES string of the molecule is CCN(C(=O)C=Cc1c(Cc2cccnc2)c(N)c(C)c(S(=O)(=O)c2ccc(OC)cc2)c1C(=O)O)c1ccccc1. The van der Waals surface area contributed by atoms with Crippen LogP contribution in [0.3, 0.4) is 0 Å². The lowest BCUT2D eigenvalue weighted by atomic mass is 9.91. The van der Waals surface area contributed by atoms with Crippen molar-refractivity contribution in [1.82, 2.24) is 4.98 Å². The first-order chi connectivity index (χ1) is 20.1. The summed E-state index contributed by atoms with van der Waals surface area (Å²) >= 11 is 0. The standard InChI is InChI=1S/C32H31N3O6S/c1-4-35(23-10-6-5-7-11-23)28(36)17-16-26-27(19-22-9-8-18-34-20-22)30(33)21(2)31(29(26)32(37)38)42(39,40)25-14-12-24(41-3)13-15-25/h5-18,20H,4,19,33H2,1-3H3,(H,37,38). The van der Waals surface area contributed by atoms with Gasteiger partial charge in [-0.1, -0.05) is 24.3 Å². The molecular formula is C32H31N3O6S. The fourth-order valence-electron chi connectivity index (χ4n) is 4.77. The van der Waals surface area contributed by atoms with Crippen LogP contribution in [0, 0.1) is 6.92 Å². The largest absolute Gasteiger partial charge is 0.497 e. The van der Waals surface area contributed by atoms with E-state index in [2.05, 4.69) is 4.98 Å². The summed E-state index contributed by atoms with van der Waals surface area (Å²) in [5, 5.41) is 10.5. The number of nitrogens with zero attached hydrogens (tertiary/aromatic N) is 2. The molecule has 3 aromatic carbocycles. The number of ether oxygens (including phenoxy) is 1. The Morgan fingerprint density at radius 1 is 1.05 bits per heavy atom. The second kappa shape index (κ2) is 12.7. The minimum atomic E-state index is -4.37. The molecule has 0 spiro atoms. The number of likely N-dealkylation sites (N-methyl/N-ethyl adjacent to an activating group) is 1. The highest BCUT2D eigenvalue weighted by Crippen LogP contribution is 2.38. The summed E-state index contributed by atoms with van der Waals surface area (Å²) < 4.78 is 33.1. The zero-order valence-corrected chi connectivity index (χ0v) is 24.3. The van der Waals surface area contributed by atoms with Crippen molar-refractivity contribution in [2.45, 2.75) is 30.1 Å². The molecule has 0 fully saturated rings. The molecule has 0 aliphatic rings. The van der Waals surface area contributed by atoms with Gasteiger partial charge < -0.3 is 20.5 Å². The zero-order chi connectivity index (χ0) is 30.4. The summed E-state index contributed by atoms with van der Waals surface area (Å²) in [6, 6.07) is 18.2. The third-order valence-electron chi connectivity index (χ3n) is 6.89. The predicted molar refractivity (Wildman–Crippen MR) is 162 cm³/mol. The van der Waals surface area contributed by atoms with Crippen LogP contribution in [-0.2, 0) is 21.1 Å². The van der Waals surface area contributed by atoms with Crippen molar-refractivity contribution in [3.63, 3.8) is 0 Å². The van der Waals surface area contributed by atoms with Crippen LogP contribution in [0.1, 0.15) is 39.5 Å². The van der Waals surface area contributed by atoms with Crippen LogP contribution >= 0.6 is 0 Å². The lowest BCUT2D eigenvalue weighted by Gasteiger charge is -2.22. The summed E-state index contributed by atoms with van der Waals surface area (Å²) in [6.45, 7) is 3.66. The molecule has 216 valence electrons. The third-order valence-corrected chi connectivity index (χ3v) is 8.83. The van der Waals surface area contributed by atoms with Gasteiger partial charge in [-0.3, -0.25) is 9.78 Å². The van der Waals surface area contributed by atoms with Crippen molar-refractivity contribution in [2.24, 2.45) is 0 Å². The average Bonchev–Trinajstić information content (AvgIpc) is 3.00. The van der Waals surface area contributed by atoms with E-state index in [0.29, 0.717) is 23.5 Å². The molecule has 0 aliphatic heterocycles. The molecular weight excluding hydrogens is 554 g/mol. The number of rotatable bonds is 10. The van der Waals surface area contributed by atoms with Crippen LogP contribution in [0.25, 0.3) is 6.08 Å². The molecule has 0 aliphatic carbocycles. The maximum atomic E-state index is 14.0. The zero-order valence-electron chi connectivity index (χ0n) is 23.4. The molecule has 3 N–H and O–H groups in total. The number of hydrogen-bond acceptors (Lipinski definition) is 7. The van der Waals surface area contributed by atoms with Crippen molar-refractivity contribution < 1.29 is 27.9 Å². The number of carbonyl (C=O) groups is 2. The fraction of sp³-hybridized carbons (Fsp3) is 0.156. The van der Waals surface area contributed by atoms with Gasteiger partial charge in [0, 0.05) is 42.8 Å². The number of amides is 1. The Morgan fingerprint density at radius 2 is 1.74 bits per heavy atom. The van der Waals surface area contributed by atoms with Crippen LogP contribution in [0.2, 0.25) is 0 Å². The second-order valence-corrected chi connectivity index (χ2v) is 11.3. The number of carboxylic acid groups (broad SMARTS) is 1. The Hall–Kier alpha value is -4.96. The van der Waals surface area contributed by atoms with E-state index in [9.17, 15) is 23.1 Å². The number of hydrogen-bond donors (Lipinski definition) is 2. The Labute approximate surface area is 244 Å². The number of carbonyl (C=O) groups excluding carboxylic acids is 1. The molecule has 10 heteroatoms. The molecule has 42 heavy (non-hydrogen) atoms. The summed E-state index contributed by atoms with van der Waals surface area (Å²) in [5.74, 6) is -1.44. The molecule has 9 nitrogen and oxygen atoms in total. The monoisotopic (exact) mass is 585 g/mol. The van der Waals surface area contributed by atoms with E-state index < -0.39 is 32.2 Å². The lowest BCUT2D eigenvalue weighted by Crippen LogP contribution is -2.28. The van der Waals surface area contributed by atoms with Crippen molar-refractivity contribution in [3.8, 4) is 5.75 Å². The number of benzene rings is 3. The van der Waals surface area contributed by atoms with Crippen LogP contribution in [0.5, 0.6) is 5.75 Å². The van der Waals surface area contributed by atoms with Crippen LogP contribution in [0.4, 0.5) is 11.4 Å². The van der Waals surface area contributed by atoms with Gasteiger partial charge in [0.05, 0.1) is 22.5 Å². The van der Waals surface area contributed by atoms with Gasteiger partial charge in [0.2, 0.25) is 9.84 Å². The number of nitrogens with two attached hydrogens (primary N) is 1. The number of carboxylic acids is 1. The van der Waals surface area contributed by atoms with Crippen molar-refractivity contribution in [2.75, 3.05) is 24.3 Å². The predicted octanol–water partition coefficient (Wildman–Crippen LogP) is 5.17. The smallest absolute Gasteiger partial charge is 0.337 e. The van der Waals surface area contributed by atoms with Gasteiger partial charge in [0.1, 0.15) is 5.75 Å². The number of para-hydroxylation sites is 1. The first-order valence-corrected chi connectivity index (χ1v) is 14.6. The summed E-state index contributed by atoms with van der Waals surface area (Å²) in [4.78, 5) is 31.3. The highest BCUT2D eigenvalue weighted by molar-refractivity contribution is 7.91. The van der Waals surface area contributed by atoms with Crippen LogP contribution < -0.4 is 15.4 Å². The van der Waals surface area contributed by atoms with Crippen LogP contribution in [0.15, 0.2) is 95.0 Å². The van der Waals surface area contributed by atoms with E-state index in [0.717, 1.165) is 5.56 Å². The minimum Gasteiger partial charge on any atom is -0.497 e. The Morgan fingerprint density at radius 3 is 2.31 bits per heavy atom. The van der Waals surface area contributed by atoms with E-state index >= 15 is 0 Å². The number of aromatic carboxylic acids is 1. The molecule has 4 rings (SSSR count). The number of anilines is 2. The van der Waals surface area contributed by atoms with Gasteiger partial charge in [-0.2, -0.15) is 0 Å². The number of sulfone groups is 1. The third kappa shape index (κ3) is 6.03. The lowest BCUT2D eigenvalue weighted by molar-refractivity contribution is -0.114. The number of methoxy groups -OCH3 is 1. The summed E-state index contributed by atoms with van der Waals surface area (Å²) in [5.41, 5.74) is 8.11. The maximum Gasteiger partial charge on any atom is 0.337 e. The number of nitrogen functional groups attached to an aromatic ring is 1. The molecule has 0 unspecified atom stereocenters. The van der Waals surface area contributed by atoms with E-state index in [4.69, 9.17) is 10.5 Å². The van der Waals surface area contributed by atoms with E-state index in [1.165, 1.54) is 55.4 Å². The van der Waals surface area contributed by atoms with Crippen molar-refractivity contribution in [1.29, 1.82) is 0 Å². The maximum absolute atomic E-state index is 14.0. The van der Waals surface area contributed by atoms with Gasteiger partial charge in [0.15, 0.2) is 0 Å². The highest BCUT2D eigenvalue weighted by atomic mass is 32.2. The Balaban J connectivity index is 1.97. The van der Waals surface area contributed by atoms with Crippen molar-refractivity contribution in [3.05, 3.63) is 113 Å².